The van der Waals surface area contributed by atoms with Crippen LogP contribution in [0.25, 0.3) is 21.9 Å². The van der Waals surface area contributed by atoms with Crippen molar-refractivity contribution in [2.75, 3.05) is 51.3 Å². The van der Waals surface area contributed by atoms with Crippen molar-refractivity contribution in [3.63, 3.8) is 0 Å². The standard InChI is InChI=1S/C20H23BBrN5O2/c1-25-5-2-3-13(25)12-29-20-23-16-11-15(22)14-4-10-28-18(14)17(16)19(24-20)26-6-8-27(21)9-7-26/h4,10-11,13H,2-3,5-9,12H2,1H3/t13-/m0/s1. The molecule has 1 atom stereocenters. The lowest BCUT2D eigenvalue weighted by Gasteiger charge is -2.34. The van der Waals surface area contributed by atoms with Gasteiger partial charge in [-0.2, -0.15) is 9.97 Å². The van der Waals surface area contributed by atoms with E-state index in [2.05, 4.69) is 32.8 Å². The molecule has 7 nitrogen and oxygen atoms in total. The molecule has 0 spiro atoms. The zero-order valence-corrected chi connectivity index (χ0v) is 18.1. The Balaban J connectivity index is 1.57. The van der Waals surface area contributed by atoms with E-state index < -0.39 is 0 Å². The number of piperazine rings is 1. The van der Waals surface area contributed by atoms with Crippen LogP contribution in [0.2, 0.25) is 0 Å². The lowest BCUT2D eigenvalue weighted by molar-refractivity contribution is 0.188. The molecule has 0 bridgehead atoms. The average Bonchev–Trinajstić information content (AvgIpc) is 3.36. The Morgan fingerprint density at radius 3 is 2.83 bits per heavy atom. The SMILES string of the molecule is [B]N1CCN(c2nc(OC[C@@H]3CCCN3C)nc3cc(Br)c4ccoc4c23)CC1. The van der Waals surface area contributed by atoms with E-state index in [0.717, 1.165) is 71.3 Å². The number of hydrogen-bond donors (Lipinski definition) is 0. The molecule has 2 aliphatic rings. The number of fused-ring (bicyclic) bond motifs is 3. The Labute approximate surface area is 179 Å². The molecule has 0 unspecified atom stereocenters. The summed E-state index contributed by atoms with van der Waals surface area (Å²) in [5, 5.41) is 1.94. The van der Waals surface area contributed by atoms with Crippen molar-refractivity contribution in [3.05, 3.63) is 22.9 Å². The molecular weight excluding hydrogens is 433 g/mol. The first-order valence-electron chi connectivity index (χ1n) is 10.1. The van der Waals surface area contributed by atoms with Gasteiger partial charge in [-0.3, -0.25) is 0 Å². The smallest absolute Gasteiger partial charge is 0.319 e. The van der Waals surface area contributed by atoms with E-state index in [0.29, 0.717) is 18.7 Å². The molecular formula is C20H23BBrN5O2. The molecule has 2 saturated heterocycles. The van der Waals surface area contributed by atoms with E-state index in [1.54, 1.807) is 6.26 Å². The molecule has 0 aliphatic carbocycles. The van der Waals surface area contributed by atoms with Gasteiger partial charge in [-0.05, 0) is 54.5 Å². The van der Waals surface area contributed by atoms with Gasteiger partial charge in [0.05, 0.1) is 17.2 Å². The number of likely N-dealkylation sites (tertiary alicyclic amines) is 1. The number of benzene rings is 1. The van der Waals surface area contributed by atoms with E-state index in [-0.39, 0.29) is 0 Å². The van der Waals surface area contributed by atoms with E-state index in [9.17, 15) is 0 Å². The van der Waals surface area contributed by atoms with Gasteiger partial charge < -0.3 is 23.8 Å². The maximum absolute atomic E-state index is 6.08. The predicted molar refractivity (Wildman–Crippen MR) is 118 cm³/mol. The van der Waals surface area contributed by atoms with Gasteiger partial charge >= 0.3 is 6.01 Å². The predicted octanol–water partition coefficient (Wildman–Crippen LogP) is 2.82. The first-order chi connectivity index (χ1) is 14.1. The fraction of sp³-hybridized carbons (Fsp3) is 0.500. The number of halogens is 1. The third-order valence-electron chi connectivity index (χ3n) is 6.00. The lowest BCUT2D eigenvalue weighted by Crippen LogP contribution is -2.45. The fourth-order valence-corrected chi connectivity index (χ4v) is 4.77. The Morgan fingerprint density at radius 1 is 1.24 bits per heavy atom. The number of hydrogen-bond acceptors (Lipinski definition) is 7. The summed E-state index contributed by atoms with van der Waals surface area (Å²) in [5.74, 6) is 0.852. The van der Waals surface area contributed by atoms with Gasteiger partial charge in [0.2, 0.25) is 0 Å². The summed E-state index contributed by atoms with van der Waals surface area (Å²) < 4.78 is 12.9. The first-order valence-corrected chi connectivity index (χ1v) is 10.8. The van der Waals surface area contributed by atoms with Crippen LogP contribution in [0.1, 0.15) is 12.8 Å². The number of ether oxygens (including phenoxy) is 1. The summed E-state index contributed by atoms with van der Waals surface area (Å²) in [5.41, 5.74) is 1.61. The summed E-state index contributed by atoms with van der Waals surface area (Å²) in [6, 6.07) is 4.81. The molecule has 2 fully saturated rings. The van der Waals surface area contributed by atoms with Crippen LogP contribution in [0.15, 0.2) is 27.3 Å². The molecule has 1 aromatic carbocycles. The topological polar surface area (TPSA) is 57.9 Å². The molecule has 150 valence electrons. The molecule has 4 heterocycles. The summed E-state index contributed by atoms with van der Waals surface area (Å²) in [7, 11) is 8.11. The van der Waals surface area contributed by atoms with Crippen molar-refractivity contribution >= 4 is 51.6 Å². The lowest BCUT2D eigenvalue weighted by atomic mass is 10.1. The minimum Gasteiger partial charge on any atom is -0.463 e. The molecule has 0 N–H and O–H groups in total. The normalized spacial score (nSPS) is 21.4. The van der Waals surface area contributed by atoms with Gasteiger partial charge in [-0.15, -0.1) is 0 Å². The monoisotopic (exact) mass is 455 g/mol. The second kappa shape index (κ2) is 7.77. The van der Waals surface area contributed by atoms with Gasteiger partial charge in [-0.1, -0.05) is 0 Å². The minimum absolute atomic E-state index is 0.415. The molecule has 0 saturated carbocycles. The molecule has 2 aliphatic heterocycles. The third-order valence-corrected chi connectivity index (χ3v) is 6.66. The minimum atomic E-state index is 0.415. The second-order valence-corrected chi connectivity index (χ2v) is 8.71. The Bertz CT molecular complexity index is 1040. The highest BCUT2D eigenvalue weighted by Crippen LogP contribution is 2.37. The van der Waals surface area contributed by atoms with Crippen LogP contribution in [0.4, 0.5) is 5.82 Å². The van der Waals surface area contributed by atoms with Crippen molar-refractivity contribution in [3.8, 4) is 6.01 Å². The third kappa shape index (κ3) is 3.60. The van der Waals surface area contributed by atoms with Crippen LogP contribution in [-0.2, 0) is 0 Å². The van der Waals surface area contributed by atoms with E-state index in [1.165, 1.54) is 6.42 Å². The van der Waals surface area contributed by atoms with Crippen LogP contribution >= 0.6 is 15.9 Å². The van der Waals surface area contributed by atoms with Gasteiger partial charge in [0, 0.05) is 42.1 Å². The van der Waals surface area contributed by atoms with Gasteiger partial charge in [-0.25, -0.2) is 0 Å². The summed E-state index contributed by atoms with van der Waals surface area (Å²) >= 11 is 3.65. The maximum Gasteiger partial charge on any atom is 0.319 e. The second-order valence-electron chi connectivity index (χ2n) is 7.86. The van der Waals surface area contributed by atoms with Crippen molar-refractivity contribution < 1.29 is 9.15 Å². The Kier molecular flexibility index (Phi) is 5.13. The van der Waals surface area contributed by atoms with Crippen molar-refractivity contribution in [1.82, 2.24) is 19.7 Å². The summed E-state index contributed by atoms with van der Waals surface area (Å²) in [6.45, 7) is 4.88. The van der Waals surface area contributed by atoms with Crippen molar-refractivity contribution in [1.29, 1.82) is 0 Å². The highest BCUT2D eigenvalue weighted by Gasteiger charge is 2.25. The highest BCUT2D eigenvalue weighted by atomic mass is 79.9. The zero-order valence-electron chi connectivity index (χ0n) is 16.5. The number of aromatic nitrogens is 2. The Hall–Kier alpha value is -1.84. The van der Waals surface area contributed by atoms with E-state index >= 15 is 0 Å². The molecule has 2 aromatic heterocycles. The quantitative estimate of drug-likeness (QED) is 0.560. The van der Waals surface area contributed by atoms with E-state index in [4.69, 9.17) is 27.1 Å². The van der Waals surface area contributed by atoms with Crippen LogP contribution in [0.3, 0.4) is 0 Å². The van der Waals surface area contributed by atoms with Crippen molar-refractivity contribution in [2.24, 2.45) is 0 Å². The number of rotatable bonds is 4. The largest absolute Gasteiger partial charge is 0.463 e. The van der Waals surface area contributed by atoms with Crippen molar-refractivity contribution in [2.45, 2.75) is 18.9 Å². The van der Waals surface area contributed by atoms with Gasteiger partial charge in [0.25, 0.3) is 0 Å². The number of nitrogens with zero attached hydrogens (tertiary/aromatic N) is 5. The molecule has 3 aromatic rings. The highest BCUT2D eigenvalue weighted by molar-refractivity contribution is 9.10. The van der Waals surface area contributed by atoms with Crippen LogP contribution < -0.4 is 9.64 Å². The average molecular weight is 456 g/mol. The van der Waals surface area contributed by atoms with Gasteiger partial charge in [0.15, 0.2) is 7.98 Å². The van der Waals surface area contributed by atoms with Gasteiger partial charge in [0.1, 0.15) is 18.0 Å². The summed E-state index contributed by atoms with van der Waals surface area (Å²) in [6.07, 6.45) is 4.06. The van der Waals surface area contributed by atoms with E-state index in [1.807, 2.05) is 16.9 Å². The summed E-state index contributed by atoms with van der Waals surface area (Å²) in [4.78, 5) is 16.0. The number of furan rings is 1. The number of anilines is 1. The molecule has 5 rings (SSSR count). The molecule has 2 radical (unpaired) electrons. The van der Waals surface area contributed by atoms with Crippen LogP contribution in [0.5, 0.6) is 6.01 Å². The Morgan fingerprint density at radius 2 is 2.07 bits per heavy atom. The first kappa shape index (κ1) is 19.1. The fourth-order valence-electron chi connectivity index (χ4n) is 4.24. The zero-order chi connectivity index (χ0) is 20.0. The molecule has 29 heavy (non-hydrogen) atoms. The number of likely N-dealkylation sites (N-methyl/N-ethyl adjacent to an activating group) is 1. The molecule has 9 heteroatoms. The van der Waals surface area contributed by atoms with Crippen LogP contribution in [-0.4, -0.2) is 80.1 Å². The van der Waals surface area contributed by atoms with Crippen LogP contribution in [0, 0.1) is 0 Å². The molecule has 0 amide bonds. The maximum atomic E-state index is 6.08.